The Kier molecular flexibility index (Phi) is 4.26. The molecule has 3 heteroatoms. The third-order valence-electron chi connectivity index (χ3n) is 3.59. The Balaban J connectivity index is 2.19. The molecule has 0 aliphatic carbocycles. The lowest BCUT2D eigenvalue weighted by Gasteiger charge is -2.27. The van der Waals surface area contributed by atoms with Gasteiger partial charge >= 0.3 is 0 Å². The monoisotopic (exact) mass is 247 g/mol. The molecule has 0 aromatic heterocycles. The molecule has 2 nitrogen and oxygen atoms in total. The van der Waals surface area contributed by atoms with Crippen LogP contribution in [0, 0.1) is 17.7 Å². The van der Waals surface area contributed by atoms with Crippen molar-refractivity contribution in [3.05, 3.63) is 48.3 Å². The molecule has 1 aliphatic rings. The van der Waals surface area contributed by atoms with Crippen LogP contribution in [0.2, 0.25) is 0 Å². The van der Waals surface area contributed by atoms with E-state index in [2.05, 4.69) is 11.9 Å². The molecule has 0 bridgehead atoms. The Labute approximate surface area is 107 Å². The van der Waals surface area contributed by atoms with Gasteiger partial charge in [-0.1, -0.05) is 18.2 Å². The fourth-order valence-electron chi connectivity index (χ4n) is 2.56. The molecule has 0 radical (unpaired) electrons. The lowest BCUT2D eigenvalue weighted by molar-refractivity contribution is 0.0889. The van der Waals surface area contributed by atoms with Gasteiger partial charge in [0.1, 0.15) is 5.82 Å². The molecule has 0 saturated carbocycles. The fourth-order valence-corrected chi connectivity index (χ4v) is 2.56. The molecule has 1 atom stereocenters. The highest BCUT2D eigenvalue weighted by Crippen LogP contribution is 2.27. The van der Waals surface area contributed by atoms with Gasteiger partial charge in [-0.15, -0.1) is 6.58 Å². The number of hydrogen-bond acceptors (Lipinski definition) is 2. The maximum absolute atomic E-state index is 13.6. The maximum Gasteiger partial charge on any atom is 0.172 e. The largest absolute Gasteiger partial charge is 0.317 e. The highest BCUT2D eigenvalue weighted by molar-refractivity contribution is 5.99. The summed E-state index contributed by atoms with van der Waals surface area (Å²) >= 11 is 0. The Bertz CT molecular complexity index is 438. The first-order valence-corrected chi connectivity index (χ1v) is 6.36. The second-order valence-corrected chi connectivity index (χ2v) is 4.69. The number of carbonyl (C=O) groups excluding carboxylic acids is 1. The van der Waals surface area contributed by atoms with Crippen molar-refractivity contribution < 1.29 is 9.18 Å². The lowest BCUT2D eigenvalue weighted by atomic mass is 9.80. The van der Waals surface area contributed by atoms with Crippen LogP contribution in [0.15, 0.2) is 36.9 Å². The molecule has 2 rings (SSSR count). The molecule has 1 aromatic carbocycles. The van der Waals surface area contributed by atoms with Gasteiger partial charge in [0.2, 0.25) is 0 Å². The average Bonchev–Trinajstić information content (AvgIpc) is 2.41. The fraction of sp³-hybridized carbons (Fsp3) is 0.400. The summed E-state index contributed by atoms with van der Waals surface area (Å²) in [5.41, 5.74) is 0.181. The van der Waals surface area contributed by atoms with Gasteiger partial charge in [0, 0.05) is 5.92 Å². The summed E-state index contributed by atoms with van der Waals surface area (Å²) in [5, 5.41) is 3.26. The van der Waals surface area contributed by atoms with Crippen molar-refractivity contribution in [1.29, 1.82) is 0 Å². The normalized spacial score (nSPS) is 18.3. The SMILES string of the molecule is C=CC(C(=O)c1ccccc1F)C1CCNCC1. The molecular weight excluding hydrogens is 229 g/mol. The minimum atomic E-state index is -0.441. The van der Waals surface area contributed by atoms with Crippen molar-refractivity contribution in [3.8, 4) is 0 Å². The predicted molar refractivity (Wildman–Crippen MR) is 70.0 cm³/mol. The average molecular weight is 247 g/mol. The van der Waals surface area contributed by atoms with E-state index in [4.69, 9.17) is 0 Å². The molecule has 1 heterocycles. The number of benzene rings is 1. The van der Waals surface area contributed by atoms with Crippen molar-refractivity contribution in [1.82, 2.24) is 5.32 Å². The van der Waals surface area contributed by atoms with Crippen LogP contribution in [-0.4, -0.2) is 18.9 Å². The van der Waals surface area contributed by atoms with Gasteiger partial charge in [-0.3, -0.25) is 4.79 Å². The van der Waals surface area contributed by atoms with E-state index in [0.29, 0.717) is 0 Å². The summed E-state index contributed by atoms with van der Waals surface area (Å²) < 4.78 is 13.6. The van der Waals surface area contributed by atoms with E-state index in [0.717, 1.165) is 25.9 Å². The summed E-state index contributed by atoms with van der Waals surface area (Å²) in [6, 6.07) is 6.17. The van der Waals surface area contributed by atoms with E-state index in [-0.39, 0.29) is 23.2 Å². The molecule has 1 fully saturated rings. The van der Waals surface area contributed by atoms with Crippen LogP contribution in [0.4, 0.5) is 4.39 Å². The van der Waals surface area contributed by atoms with Gasteiger partial charge in [0.15, 0.2) is 5.78 Å². The first-order chi connectivity index (χ1) is 8.74. The third kappa shape index (κ3) is 2.67. The van der Waals surface area contributed by atoms with Crippen molar-refractivity contribution in [2.75, 3.05) is 13.1 Å². The molecule has 1 aliphatic heterocycles. The molecule has 1 aromatic rings. The van der Waals surface area contributed by atoms with Crippen LogP contribution in [0.25, 0.3) is 0 Å². The van der Waals surface area contributed by atoms with Gasteiger partial charge in [-0.2, -0.15) is 0 Å². The van der Waals surface area contributed by atoms with E-state index < -0.39 is 5.82 Å². The van der Waals surface area contributed by atoms with Crippen LogP contribution >= 0.6 is 0 Å². The first kappa shape index (κ1) is 13.0. The number of halogens is 1. The second kappa shape index (κ2) is 5.91. The second-order valence-electron chi connectivity index (χ2n) is 4.69. The molecule has 1 saturated heterocycles. The molecule has 0 amide bonds. The number of Topliss-reactive ketones (excluding diaryl/α,β-unsaturated/α-hetero) is 1. The number of piperidine rings is 1. The highest BCUT2D eigenvalue weighted by atomic mass is 19.1. The summed E-state index contributed by atoms with van der Waals surface area (Å²) in [5.74, 6) is -0.585. The van der Waals surface area contributed by atoms with Crippen molar-refractivity contribution >= 4 is 5.78 Å². The van der Waals surface area contributed by atoms with E-state index in [1.165, 1.54) is 6.07 Å². The van der Waals surface area contributed by atoms with Gasteiger partial charge in [-0.25, -0.2) is 4.39 Å². The Morgan fingerprint density at radius 2 is 2.06 bits per heavy atom. The smallest absolute Gasteiger partial charge is 0.172 e. The summed E-state index contributed by atoms with van der Waals surface area (Å²) in [6.45, 7) is 5.58. The molecule has 18 heavy (non-hydrogen) atoms. The standard InChI is InChI=1S/C15H18FNO/c1-2-12(11-7-9-17-10-8-11)15(18)13-5-3-4-6-14(13)16/h2-6,11-12,17H,1,7-10H2. The lowest BCUT2D eigenvalue weighted by Crippen LogP contribution is -2.34. The van der Waals surface area contributed by atoms with Crippen LogP contribution in [0.1, 0.15) is 23.2 Å². The van der Waals surface area contributed by atoms with Crippen LogP contribution in [0.3, 0.4) is 0 Å². The minimum Gasteiger partial charge on any atom is -0.317 e. The van der Waals surface area contributed by atoms with Crippen molar-refractivity contribution in [2.45, 2.75) is 12.8 Å². The van der Waals surface area contributed by atoms with Crippen molar-refractivity contribution in [3.63, 3.8) is 0 Å². The summed E-state index contributed by atoms with van der Waals surface area (Å²) in [7, 11) is 0. The molecule has 1 unspecified atom stereocenters. The number of nitrogens with one attached hydrogen (secondary N) is 1. The quantitative estimate of drug-likeness (QED) is 0.655. The van der Waals surface area contributed by atoms with Crippen LogP contribution in [-0.2, 0) is 0 Å². The number of allylic oxidation sites excluding steroid dienone is 1. The zero-order valence-corrected chi connectivity index (χ0v) is 10.4. The zero-order valence-electron chi connectivity index (χ0n) is 10.4. The Hall–Kier alpha value is -1.48. The topological polar surface area (TPSA) is 29.1 Å². The van der Waals surface area contributed by atoms with Crippen LogP contribution in [0.5, 0.6) is 0 Å². The first-order valence-electron chi connectivity index (χ1n) is 6.36. The number of carbonyl (C=O) groups is 1. The van der Waals surface area contributed by atoms with Crippen LogP contribution < -0.4 is 5.32 Å². The number of rotatable bonds is 4. The molecule has 1 N–H and O–H groups in total. The number of hydrogen-bond donors (Lipinski definition) is 1. The van der Waals surface area contributed by atoms with E-state index in [1.807, 2.05) is 0 Å². The van der Waals surface area contributed by atoms with Gasteiger partial charge in [-0.05, 0) is 44.0 Å². The van der Waals surface area contributed by atoms with Gasteiger partial charge in [0.25, 0.3) is 0 Å². The van der Waals surface area contributed by atoms with Gasteiger partial charge in [0.05, 0.1) is 5.56 Å². The summed E-state index contributed by atoms with van der Waals surface area (Å²) in [4.78, 5) is 12.4. The Morgan fingerprint density at radius 1 is 1.39 bits per heavy atom. The minimum absolute atomic E-state index is 0.144. The van der Waals surface area contributed by atoms with Gasteiger partial charge < -0.3 is 5.32 Å². The van der Waals surface area contributed by atoms with E-state index in [9.17, 15) is 9.18 Å². The third-order valence-corrected chi connectivity index (χ3v) is 3.59. The molecule has 96 valence electrons. The highest BCUT2D eigenvalue weighted by Gasteiger charge is 2.28. The Morgan fingerprint density at radius 3 is 2.67 bits per heavy atom. The maximum atomic E-state index is 13.6. The predicted octanol–water partition coefficient (Wildman–Crippen LogP) is 2.81. The number of ketones is 1. The van der Waals surface area contributed by atoms with E-state index in [1.54, 1.807) is 24.3 Å². The molecular formula is C15H18FNO. The summed E-state index contributed by atoms with van der Waals surface area (Å²) in [6.07, 6.45) is 3.55. The zero-order chi connectivity index (χ0) is 13.0. The van der Waals surface area contributed by atoms with E-state index >= 15 is 0 Å². The molecule has 0 spiro atoms. The van der Waals surface area contributed by atoms with Crippen molar-refractivity contribution in [2.24, 2.45) is 11.8 Å².